The monoisotopic (exact) mass is 322 g/mol. The number of aromatic nitrogens is 1. The van der Waals surface area contributed by atoms with E-state index >= 15 is 0 Å². The Morgan fingerprint density at radius 1 is 1.37 bits per heavy atom. The van der Waals surface area contributed by atoms with Gasteiger partial charge in [0.2, 0.25) is 0 Å². The first kappa shape index (κ1) is 14.2. The molecule has 102 valence electrons. The lowest BCUT2D eigenvalue weighted by molar-refractivity contribution is 0.414. The smallest absolute Gasteiger partial charge is 0.119 e. The van der Waals surface area contributed by atoms with E-state index in [0.717, 1.165) is 23.2 Å². The number of ether oxygens (including phenoxy) is 1. The van der Waals surface area contributed by atoms with Crippen molar-refractivity contribution in [2.75, 3.05) is 7.11 Å². The molecule has 2 N–H and O–H groups in total. The van der Waals surface area contributed by atoms with Crippen molar-refractivity contribution in [1.82, 2.24) is 4.57 Å². The van der Waals surface area contributed by atoms with Crippen molar-refractivity contribution in [3.05, 3.63) is 52.3 Å². The molecule has 1 heterocycles. The molecule has 1 aromatic carbocycles. The first-order chi connectivity index (χ1) is 9.08. The molecule has 0 aliphatic heterocycles. The minimum Gasteiger partial charge on any atom is -0.497 e. The second kappa shape index (κ2) is 6.26. The van der Waals surface area contributed by atoms with Gasteiger partial charge in [-0.3, -0.25) is 0 Å². The largest absolute Gasteiger partial charge is 0.497 e. The number of benzene rings is 1. The van der Waals surface area contributed by atoms with E-state index in [0.29, 0.717) is 0 Å². The van der Waals surface area contributed by atoms with Gasteiger partial charge in [-0.05, 0) is 48.7 Å². The van der Waals surface area contributed by atoms with Crippen LogP contribution in [0.3, 0.4) is 0 Å². The molecule has 0 aliphatic carbocycles. The quantitative estimate of drug-likeness (QED) is 0.918. The Morgan fingerprint density at radius 2 is 2.16 bits per heavy atom. The van der Waals surface area contributed by atoms with Gasteiger partial charge < -0.3 is 15.0 Å². The van der Waals surface area contributed by atoms with E-state index in [2.05, 4.69) is 45.0 Å². The molecule has 0 aliphatic rings. The molecule has 0 saturated carbocycles. The molecule has 1 atom stereocenters. The Balaban J connectivity index is 2.14. The van der Waals surface area contributed by atoms with Crippen LogP contribution in [0.15, 0.2) is 41.1 Å². The van der Waals surface area contributed by atoms with Crippen molar-refractivity contribution in [3.8, 4) is 5.75 Å². The average Bonchev–Trinajstić information content (AvgIpc) is 2.78. The van der Waals surface area contributed by atoms with Crippen LogP contribution in [0.25, 0.3) is 0 Å². The van der Waals surface area contributed by atoms with Gasteiger partial charge >= 0.3 is 0 Å². The van der Waals surface area contributed by atoms with Gasteiger partial charge in [-0.25, -0.2) is 0 Å². The molecule has 4 heteroatoms. The summed E-state index contributed by atoms with van der Waals surface area (Å²) < 4.78 is 8.52. The summed E-state index contributed by atoms with van der Waals surface area (Å²) in [5.74, 6) is 0.876. The minimum absolute atomic E-state index is 0.194. The summed E-state index contributed by atoms with van der Waals surface area (Å²) in [6.07, 6.45) is 5.14. The zero-order chi connectivity index (χ0) is 13.8. The lowest BCUT2D eigenvalue weighted by Crippen LogP contribution is -2.17. The van der Waals surface area contributed by atoms with E-state index in [9.17, 15) is 0 Å². The zero-order valence-corrected chi connectivity index (χ0v) is 12.9. The van der Waals surface area contributed by atoms with E-state index in [1.165, 1.54) is 11.1 Å². The summed E-state index contributed by atoms with van der Waals surface area (Å²) in [4.78, 5) is 0. The summed E-state index contributed by atoms with van der Waals surface area (Å²) in [5.41, 5.74) is 8.28. The molecule has 0 bridgehead atoms. The second-order valence-electron chi connectivity index (χ2n) is 4.83. The molecule has 3 nitrogen and oxygen atoms in total. The van der Waals surface area contributed by atoms with Crippen LogP contribution in [0, 0.1) is 0 Å². The third-order valence-corrected chi connectivity index (χ3v) is 3.75. The predicted molar refractivity (Wildman–Crippen MR) is 81.6 cm³/mol. The van der Waals surface area contributed by atoms with Gasteiger partial charge in [0.15, 0.2) is 0 Å². The van der Waals surface area contributed by atoms with E-state index < -0.39 is 0 Å². The van der Waals surface area contributed by atoms with Crippen LogP contribution in [0.2, 0.25) is 0 Å². The van der Waals surface area contributed by atoms with Crippen molar-refractivity contribution in [3.63, 3.8) is 0 Å². The fourth-order valence-corrected chi connectivity index (χ4v) is 2.45. The van der Waals surface area contributed by atoms with Crippen LogP contribution in [0.1, 0.15) is 18.1 Å². The maximum atomic E-state index is 5.81. The normalized spacial score (nSPS) is 12.4. The lowest BCUT2D eigenvalue weighted by Gasteiger charge is -2.08. The highest BCUT2D eigenvalue weighted by atomic mass is 79.9. The van der Waals surface area contributed by atoms with Gasteiger partial charge in [0.25, 0.3) is 0 Å². The first-order valence-corrected chi connectivity index (χ1v) is 7.10. The molecule has 2 aromatic rings. The summed E-state index contributed by atoms with van der Waals surface area (Å²) >= 11 is 3.58. The van der Waals surface area contributed by atoms with Gasteiger partial charge in [-0.2, -0.15) is 0 Å². The Labute approximate surface area is 122 Å². The Morgan fingerprint density at radius 3 is 2.84 bits per heavy atom. The van der Waals surface area contributed by atoms with Crippen molar-refractivity contribution in [2.24, 2.45) is 5.73 Å². The number of hydrogen-bond donors (Lipinski definition) is 1. The van der Waals surface area contributed by atoms with E-state index in [1.807, 2.05) is 19.1 Å². The number of methoxy groups -OCH3 is 1. The fraction of sp³-hybridized carbons (Fsp3) is 0.333. The molecule has 0 fully saturated rings. The Kier molecular flexibility index (Phi) is 4.66. The molecule has 0 amide bonds. The van der Waals surface area contributed by atoms with Crippen LogP contribution < -0.4 is 10.5 Å². The van der Waals surface area contributed by atoms with Crippen LogP contribution in [-0.2, 0) is 13.0 Å². The van der Waals surface area contributed by atoms with Crippen molar-refractivity contribution in [1.29, 1.82) is 0 Å². The number of halogens is 1. The van der Waals surface area contributed by atoms with Gasteiger partial charge in [0, 0.05) is 29.5 Å². The maximum Gasteiger partial charge on any atom is 0.119 e. The van der Waals surface area contributed by atoms with Crippen LogP contribution >= 0.6 is 15.9 Å². The topological polar surface area (TPSA) is 40.2 Å². The Bertz CT molecular complexity index is 549. The van der Waals surface area contributed by atoms with E-state index in [-0.39, 0.29) is 6.04 Å². The van der Waals surface area contributed by atoms with Gasteiger partial charge in [0.1, 0.15) is 5.75 Å². The maximum absolute atomic E-state index is 5.81. The zero-order valence-electron chi connectivity index (χ0n) is 11.3. The molecule has 2 rings (SSSR count). The van der Waals surface area contributed by atoms with Gasteiger partial charge in [0.05, 0.1) is 7.11 Å². The fourth-order valence-electron chi connectivity index (χ4n) is 2.08. The van der Waals surface area contributed by atoms with E-state index in [1.54, 1.807) is 7.11 Å². The number of hydrogen-bond acceptors (Lipinski definition) is 2. The Hall–Kier alpha value is -1.26. The summed E-state index contributed by atoms with van der Waals surface area (Å²) in [7, 11) is 1.68. The SMILES string of the molecule is COc1ccc(Br)c(Cn2ccc(CC(C)N)c2)c1. The molecule has 1 unspecified atom stereocenters. The molecule has 0 radical (unpaired) electrons. The highest BCUT2D eigenvalue weighted by Crippen LogP contribution is 2.23. The molecule has 19 heavy (non-hydrogen) atoms. The lowest BCUT2D eigenvalue weighted by atomic mass is 10.1. The average molecular weight is 323 g/mol. The van der Waals surface area contributed by atoms with Crippen LogP contribution in [-0.4, -0.2) is 17.7 Å². The number of rotatable bonds is 5. The van der Waals surface area contributed by atoms with Crippen molar-refractivity contribution >= 4 is 15.9 Å². The molecule has 1 aromatic heterocycles. The highest BCUT2D eigenvalue weighted by Gasteiger charge is 2.05. The molecule has 0 saturated heterocycles. The summed E-state index contributed by atoms with van der Waals surface area (Å²) in [6, 6.07) is 8.33. The predicted octanol–water partition coefficient (Wildman–Crippen LogP) is 3.20. The summed E-state index contributed by atoms with van der Waals surface area (Å²) in [5, 5.41) is 0. The number of nitrogens with two attached hydrogens (primary N) is 1. The number of nitrogens with zero attached hydrogens (tertiary/aromatic N) is 1. The molecular formula is C15H19BrN2O. The summed E-state index contributed by atoms with van der Waals surface area (Å²) in [6.45, 7) is 2.84. The van der Waals surface area contributed by atoms with Crippen LogP contribution in [0.5, 0.6) is 5.75 Å². The molecule has 0 spiro atoms. The van der Waals surface area contributed by atoms with Crippen molar-refractivity contribution < 1.29 is 4.74 Å². The third-order valence-electron chi connectivity index (χ3n) is 2.98. The molecular weight excluding hydrogens is 304 g/mol. The van der Waals surface area contributed by atoms with Gasteiger partial charge in [-0.1, -0.05) is 15.9 Å². The minimum atomic E-state index is 0.194. The van der Waals surface area contributed by atoms with Gasteiger partial charge in [-0.15, -0.1) is 0 Å². The standard InChI is InChI=1S/C15H19BrN2O/c1-11(17)7-12-5-6-18(9-12)10-13-8-14(19-2)3-4-15(13)16/h3-6,8-9,11H,7,10,17H2,1-2H3. The second-order valence-corrected chi connectivity index (χ2v) is 5.69. The third kappa shape index (κ3) is 3.85. The first-order valence-electron chi connectivity index (χ1n) is 6.31. The van der Waals surface area contributed by atoms with E-state index in [4.69, 9.17) is 10.5 Å². The highest BCUT2D eigenvalue weighted by molar-refractivity contribution is 9.10. The van der Waals surface area contributed by atoms with Crippen molar-refractivity contribution in [2.45, 2.75) is 25.9 Å². The van der Waals surface area contributed by atoms with Crippen LogP contribution in [0.4, 0.5) is 0 Å².